The average molecular weight is 728 g/mol. The molecule has 0 spiro atoms. The molecule has 4 aromatic rings. The quantitative estimate of drug-likeness (QED) is 0.0822. The van der Waals surface area contributed by atoms with Gasteiger partial charge in [0, 0.05) is 37.0 Å². The number of rotatable bonds is 15. The number of fused-ring (bicyclic) bond motifs is 1. The molecule has 8 nitrogen and oxygen atoms in total. The van der Waals surface area contributed by atoms with Gasteiger partial charge in [-0.1, -0.05) is 97.2 Å². The maximum atomic E-state index is 10.8. The van der Waals surface area contributed by atoms with Gasteiger partial charge in [0.2, 0.25) is 0 Å². The number of carbonyl (C=O) groups is 2. The van der Waals surface area contributed by atoms with E-state index < -0.39 is 0 Å². The molecule has 0 bridgehead atoms. The third-order valence-corrected chi connectivity index (χ3v) is 9.34. The number of aromatic nitrogens is 1. The molecule has 0 saturated carbocycles. The molecule has 3 aromatic carbocycles. The van der Waals surface area contributed by atoms with Crippen LogP contribution in [0, 0.1) is 22.7 Å². The average Bonchev–Trinajstić information content (AvgIpc) is 3.45. The first-order chi connectivity index (χ1) is 25.4. The van der Waals surface area contributed by atoms with Crippen LogP contribution in [-0.2, 0) is 35.5 Å². The van der Waals surface area contributed by atoms with Gasteiger partial charge in [-0.2, -0.15) is 5.26 Å². The lowest BCUT2D eigenvalue weighted by atomic mass is 9.81. The number of hydrogen-bond donors (Lipinski definition) is 3. The lowest BCUT2D eigenvalue weighted by Gasteiger charge is -2.24. The Morgan fingerprint density at radius 2 is 1.49 bits per heavy atom. The first-order valence-corrected chi connectivity index (χ1v) is 18.9. The summed E-state index contributed by atoms with van der Waals surface area (Å²) in [6.07, 6.45) is 6.42. The fourth-order valence-corrected chi connectivity index (χ4v) is 6.50. The summed E-state index contributed by atoms with van der Waals surface area (Å²) in [4.78, 5) is 18.2. The molecule has 1 aromatic heterocycles. The summed E-state index contributed by atoms with van der Waals surface area (Å²) >= 11 is 0. The maximum Gasteiger partial charge on any atom is 0.116 e. The van der Waals surface area contributed by atoms with Crippen molar-refractivity contribution in [1.29, 1.82) is 5.26 Å². The summed E-state index contributed by atoms with van der Waals surface area (Å²) in [7, 11) is 4.23. The molecule has 0 saturated heterocycles. The first kappa shape index (κ1) is 48.7. The lowest BCUT2D eigenvalue weighted by molar-refractivity contribution is -0.0987. The number of nitrogens with zero attached hydrogens (tertiary/aromatic N) is 3. The zero-order valence-electron chi connectivity index (χ0n) is 34.7. The Labute approximate surface area is 321 Å². The predicted octanol–water partition coefficient (Wildman–Crippen LogP) is 10.1. The van der Waals surface area contributed by atoms with Crippen LogP contribution < -0.4 is 11.3 Å². The minimum absolute atomic E-state index is 0.175. The Morgan fingerprint density at radius 3 is 2.02 bits per heavy atom. The van der Waals surface area contributed by atoms with Gasteiger partial charge in [-0.15, -0.1) is 0 Å². The highest BCUT2D eigenvalue weighted by molar-refractivity contribution is 5.95. The molecule has 0 radical (unpaired) electrons. The molecule has 4 N–H and O–H groups in total. The van der Waals surface area contributed by atoms with Crippen molar-refractivity contribution in [3.63, 3.8) is 0 Å². The van der Waals surface area contributed by atoms with Gasteiger partial charge in [-0.3, -0.25) is 11.3 Å². The number of nitrogens with one attached hydrogen (secondary N) is 1. The molecule has 0 amide bonds. The molecule has 2 atom stereocenters. The van der Waals surface area contributed by atoms with Crippen molar-refractivity contribution in [2.75, 3.05) is 14.1 Å². The third kappa shape index (κ3) is 15.3. The summed E-state index contributed by atoms with van der Waals surface area (Å²) < 4.78 is 2.50. The van der Waals surface area contributed by atoms with E-state index in [4.69, 9.17) is 20.7 Å². The van der Waals surface area contributed by atoms with E-state index in [0.717, 1.165) is 62.7 Å². The van der Waals surface area contributed by atoms with Crippen LogP contribution in [0.4, 0.5) is 0 Å². The number of phenols is 1. The number of aryl methyl sites for hydroxylation is 1. The van der Waals surface area contributed by atoms with Crippen LogP contribution in [0.5, 0.6) is 5.75 Å². The molecule has 0 aliphatic heterocycles. The predicted molar refractivity (Wildman–Crippen MR) is 226 cm³/mol. The number of hydrogen-bond acceptors (Lipinski definition) is 7. The Bertz CT molecular complexity index is 1650. The maximum absolute atomic E-state index is 10.8. The van der Waals surface area contributed by atoms with E-state index in [1.54, 1.807) is 6.07 Å². The van der Waals surface area contributed by atoms with Crippen molar-refractivity contribution in [2.24, 2.45) is 17.2 Å². The molecule has 0 aliphatic rings. The molecule has 53 heavy (non-hydrogen) atoms. The Hall–Kier alpha value is -4.29. The summed E-state index contributed by atoms with van der Waals surface area (Å²) in [6, 6.07) is 24.3. The van der Waals surface area contributed by atoms with Crippen LogP contribution in [0.2, 0.25) is 0 Å². The van der Waals surface area contributed by atoms with E-state index in [0.29, 0.717) is 17.7 Å². The molecule has 292 valence electrons. The van der Waals surface area contributed by atoms with Gasteiger partial charge >= 0.3 is 0 Å². The van der Waals surface area contributed by atoms with E-state index in [-0.39, 0.29) is 5.41 Å². The zero-order valence-corrected chi connectivity index (χ0v) is 34.7. The van der Waals surface area contributed by atoms with Crippen molar-refractivity contribution in [2.45, 2.75) is 120 Å². The summed E-state index contributed by atoms with van der Waals surface area (Å²) in [5, 5.41) is 19.4. The third-order valence-electron chi connectivity index (χ3n) is 9.34. The number of benzene rings is 3. The number of aromatic hydroxyl groups is 1. The first-order valence-electron chi connectivity index (χ1n) is 18.9. The van der Waals surface area contributed by atoms with Gasteiger partial charge < -0.3 is 24.2 Å². The van der Waals surface area contributed by atoms with E-state index in [9.17, 15) is 5.11 Å². The standard InChI is InChI=1S/C39H56N4O.C2H3N.C2H6.2CH2O/c1-9-39(5,6)25-36-35-24-32(33-21-30(22-34(44)23-33)20-27(3)12-11-13-28(4)41-40)18-19-37(35)43(10-2)38(36)31-16-14-29(15-17-31)26-42(7)8;1-2-3;3*1-2/h14-19,21-24,27-28,41,44H,9-13,20,25-26,40H2,1-8H3;1H3;1-2H3;2*1H2/t27?,28-;;;;/m1..../s1. The van der Waals surface area contributed by atoms with Gasteiger partial charge in [0.25, 0.3) is 0 Å². The molecule has 0 aliphatic carbocycles. The molecule has 4 rings (SSSR count). The topological polar surface area (TPSA) is 124 Å². The number of phenolic OH excluding ortho intramolecular Hbond substituents is 1. The van der Waals surface area contributed by atoms with E-state index in [1.165, 1.54) is 45.8 Å². The van der Waals surface area contributed by atoms with Crippen LogP contribution in [0.3, 0.4) is 0 Å². The zero-order chi connectivity index (χ0) is 40.7. The Morgan fingerprint density at radius 1 is 0.906 bits per heavy atom. The summed E-state index contributed by atoms with van der Waals surface area (Å²) in [6.45, 7) is 25.0. The minimum atomic E-state index is 0.175. The molecule has 1 heterocycles. The number of nitriles is 1. The largest absolute Gasteiger partial charge is 0.508 e. The summed E-state index contributed by atoms with van der Waals surface area (Å²) in [5.41, 5.74) is 13.1. The van der Waals surface area contributed by atoms with Crippen LogP contribution in [0.1, 0.15) is 105 Å². The van der Waals surface area contributed by atoms with E-state index >= 15 is 0 Å². The van der Waals surface area contributed by atoms with Crippen molar-refractivity contribution in [3.05, 3.63) is 77.4 Å². The number of carbonyl (C=O) groups excluding carboxylic acids is 2. The molecular weight excluding hydrogens is 659 g/mol. The van der Waals surface area contributed by atoms with Crippen LogP contribution in [0.25, 0.3) is 33.3 Å². The van der Waals surface area contributed by atoms with Crippen molar-refractivity contribution < 1.29 is 14.7 Å². The highest BCUT2D eigenvalue weighted by atomic mass is 16.3. The molecule has 1 unspecified atom stereocenters. The molecule has 8 heteroatoms. The number of nitrogens with two attached hydrogens (primary N) is 1. The van der Waals surface area contributed by atoms with Crippen LogP contribution in [0.15, 0.2) is 60.7 Å². The van der Waals surface area contributed by atoms with Gasteiger partial charge in [-0.05, 0) is 116 Å². The minimum Gasteiger partial charge on any atom is -0.508 e. The lowest BCUT2D eigenvalue weighted by Crippen LogP contribution is -2.32. The fourth-order valence-electron chi connectivity index (χ4n) is 6.50. The van der Waals surface area contributed by atoms with E-state index in [1.807, 2.05) is 39.6 Å². The Balaban J connectivity index is 0.00000277. The van der Waals surface area contributed by atoms with Gasteiger partial charge in [0.05, 0.1) is 11.8 Å². The van der Waals surface area contributed by atoms with E-state index in [2.05, 4.69) is 119 Å². The molecular formula is C45H69N5O3. The van der Waals surface area contributed by atoms with Crippen molar-refractivity contribution in [1.82, 2.24) is 14.9 Å². The smallest absolute Gasteiger partial charge is 0.116 e. The Kier molecular flexibility index (Phi) is 23.6. The second-order valence-electron chi connectivity index (χ2n) is 14.4. The SMILES string of the molecule is C=O.C=O.CC.CC#N.CCn1c(-c2ccc(CN(C)C)cc2)c(CC(C)(C)CC)c2cc(-c3cc(O)cc(CC(C)CCC[C@@H](C)NN)c3)ccc21. The van der Waals surface area contributed by atoms with Crippen molar-refractivity contribution in [3.8, 4) is 34.2 Å². The monoisotopic (exact) mass is 728 g/mol. The van der Waals surface area contributed by atoms with Gasteiger partial charge in [-0.25, -0.2) is 0 Å². The highest BCUT2D eigenvalue weighted by Gasteiger charge is 2.25. The van der Waals surface area contributed by atoms with Gasteiger partial charge in [0.1, 0.15) is 19.3 Å². The van der Waals surface area contributed by atoms with Crippen LogP contribution in [-0.4, -0.2) is 48.3 Å². The molecule has 0 fully saturated rings. The number of hydrazine groups is 1. The second-order valence-corrected chi connectivity index (χ2v) is 14.4. The highest BCUT2D eigenvalue weighted by Crippen LogP contribution is 2.41. The van der Waals surface area contributed by atoms with Crippen LogP contribution >= 0.6 is 0 Å². The van der Waals surface area contributed by atoms with Gasteiger partial charge in [0.15, 0.2) is 0 Å². The summed E-state index contributed by atoms with van der Waals surface area (Å²) in [5.74, 6) is 6.44. The normalized spacial score (nSPS) is 11.7. The van der Waals surface area contributed by atoms with Crippen molar-refractivity contribution >= 4 is 24.5 Å². The fraction of sp³-hybridized carbons (Fsp3) is 0.489. The second kappa shape index (κ2) is 25.6.